The van der Waals surface area contributed by atoms with Gasteiger partial charge in [-0.1, -0.05) is 13.8 Å². The Morgan fingerprint density at radius 1 is 1.43 bits per heavy atom. The van der Waals surface area contributed by atoms with Gasteiger partial charge in [-0.2, -0.15) is 0 Å². The Bertz CT molecular complexity index is 306. The van der Waals surface area contributed by atoms with E-state index >= 15 is 0 Å². The number of Topliss-reactive ketones (excluding diaryl/α,β-unsaturated/α-hetero) is 3. The van der Waals surface area contributed by atoms with E-state index in [0.717, 1.165) is 0 Å². The van der Waals surface area contributed by atoms with Crippen molar-refractivity contribution in [3.05, 3.63) is 0 Å². The number of ketones is 3. The minimum atomic E-state index is -1.12. The number of halogens is 1. The van der Waals surface area contributed by atoms with E-state index in [-0.39, 0.29) is 12.2 Å². The summed E-state index contributed by atoms with van der Waals surface area (Å²) in [5.41, 5.74) is -0.540. The van der Waals surface area contributed by atoms with Gasteiger partial charge in [-0.15, -0.1) is 11.6 Å². The lowest BCUT2D eigenvalue weighted by Crippen LogP contribution is -2.49. The first-order valence-corrected chi connectivity index (χ1v) is 4.92. The Labute approximate surface area is 87.8 Å². The minimum absolute atomic E-state index is 0.192. The monoisotopic (exact) mass is 216 g/mol. The zero-order valence-corrected chi connectivity index (χ0v) is 9.22. The first-order valence-electron chi connectivity index (χ1n) is 4.48. The fraction of sp³-hybridized carbons (Fsp3) is 0.700. The number of hydrogen-bond acceptors (Lipinski definition) is 3. The summed E-state index contributed by atoms with van der Waals surface area (Å²) in [6.45, 7) is 4.77. The molecule has 2 atom stereocenters. The average Bonchev–Trinajstić information content (AvgIpc) is 1.98. The molecule has 0 bridgehead atoms. The van der Waals surface area contributed by atoms with Crippen LogP contribution in [0.25, 0.3) is 0 Å². The standard InChI is InChI=1S/C10H13ClO3/c1-5(12)7-6(13)4-10(2,3)9(11)8(7)14/h7,9H,4H2,1-3H3. The van der Waals surface area contributed by atoms with E-state index in [1.165, 1.54) is 6.92 Å². The summed E-state index contributed by atoms with van der Waals surface area (Å²) in [5.74, 6) is -2.27. The molecular weight excluding hydrogens is 204 g/mol. The highest BCUT2D eigenvalue weighted by atomic mass is 35.5. The van der Waals surface area contributed by atoms with Gasteiger partial charge in [-0.05, 0) is 12.3 Å². The lowest BCUT2D eigenvalue weighted by atomic mass is 9.70. The van der Waals surface area contributed by atoms with Crippen molar-refractivity contribution < 1.29 is 14.4 Å². The Morgan fingerprint density at radius 2 is 1.93 bits per heavy atom. The highest BCUT2D eigenvalue weighted by molar-refractivity contribution is 6.38. The van der Waals surface area contributed by atoms with Gasteiger partial charge in [0, 0.05) is 6.42 Å². The molecule has 1 rings (SSSR count). The van der Waals surface area contributed by atoms with Gasteiger partial charge in [0.2, 0.25) is 0 Å². The van der Waals surface area contributed by atoms with Crippen LogP contribution in [0.3, 0.4) is 0 Å². The molecule has 0 aromatic carbocycles. The normalized spacial score (nSPS) is 31.7. The minimum Gasteiger partial charge on any atom is -0.299 e. The summed E-state index contributed by atoms with van der Waals surface area (Å²) in [5, 5.41) is -0.742. The van der Waals surface area contributed by atoms with Crippen LogP contribution in [0.15, 0.2) is 0 Å². The predicted octanol–water partition coefficient (Wildman–Crippen LogP) is 1.37. The molecule has 2 unspecified atom stereocenters. The molecule has 0 radical (unpaired) electrons. The van der Waals surface area contributed by atoms with Crippen molar-refractivity contribution in [1.82, 2.24) is 0 Å². The van der Waals surface area contributed by atoms with E-state index < -0.39 is 28.3 Å². The zero-order valence-electron chi connectivity index (χ0n) is 8.46. The van der Waals surface area contributed by atoms with Gasteiger partial charge in [0.25, 0.3) is 0 Å². The molecule has 4 heteroatoms. The van der Waals surface area contributed by atoms with Crippen molar-refractivity contribution in [2.45, 2.75) is 32.6 Å². The molecule has 0 amide bonds. The van der Waals surface area contributed by atoms with Crippen LogP contribution < -0.4 is 0 Å². The van der Waals surface area contributed by atoms with Gasteiger partial charge in [-0.3, -0.25) is 14.4 Å². The molecule has 1 aliphatic carbocycles. The van der Waals surface area contributed by atoms with Crippen LogP contribution in [-0.2, 0) is 14.4 Å². The SMILES string of the molecule is CC(=O)C1C(=O)CC(C)(C)C(Cl)C1=O. The van der Waals surface area contributed by atoms with Gasteiger partial charge < -0.3 is 0 Å². The first-order chi connectivity index (χ1) is 6.27. The summed E-state index contributed by atoms with van der Waals surface area (Å²) < 4.78 is 0. The van der Waals surface area contributed by atoms with Crippen LogP contribution >= 0.6 is 11.6 Å². The number of rotatable bonds is 1. The molecule has 0 aromatic rings. The smallest absolute Gasteiger partial charge is 0.169 e. The number of alkyl halides is 1. The molecule has 1 saturated carbocycles. The predicted molar refractivity (Wildman–Crippen MR) is 52.2 cm³/mol. The van der Waals surface area contributed by atoms with Crippen LogP contribution in [0.5, 0.6) is 0 Å². The maximum atomic E-state index is 11.6. The van der Waals surface area contributed by atoms with Crippen LogP contribution in [0.4, 0.5) is 0 Å². The highest BCUT2D eigenvalue weighted by Gasteiger charge is 2.48. The molecule has 78 valence electrons. The molecule has 0 saturated heterocycles. The van der Waals surface area contributed by atoms with Crippen LogP contribution in [0.1, 0.15) is 27.2 Å². The molecule has 0 aromatic heterocycles. The van der Waals surface area contributed by atoms with E-state index in [9.17, 15) is 14.4 Å². The molecule has 0 heterocycles. The molecule has 1 aliphatic rings. The van der Waals surface area contributed by atoms with Gasteiger partial charge >= 0.3 is 0 Å². The van der Waals surface area contributed by atoms with Crippen molar-refractivity contribution in [3.63, 3.8) is 0 Å². The molecule has 0 spiro atoms. The summed E-state index contributed by atoms with van der Waals surface area (Å²) >= 11 is 5.91. The van der Waals surface area contributed by atoms with Crippen LogP contribution in [0.2, 0.25) is 0 Å². The van der Waals surface area contributed by atoms with E-state index in [4.69, 9.17) is 11.6 Å². The lowest BCUT2D eigenvalue weighted by molar-refractivity contribution is -0.144. The molecule has 14 heavy (non-hydrogen) atoms. The molecule has 1 fully saturated rings. The van der Waals surface area contributed by atoms with Crippen LogP contribution in [-0.4, -0.2) is 22.7 Å². The summed E-state index contributed by atoms with van der Waals surface area (Å²) in [6.07, 6.45) is 0.192. The van der Waals surface area contributed by atoms with Crippen molar-refractivity contribution >= 4 is 29.0 Å². The Hall–Kier alpha value is -0.700. The molecule has 0 N–H and O–H groups in total. The fourth-order valence-electron chi connectivity index (χ4n) is 1.76. The molecule has 3 nitrogen and oxygen atoms in total. The Morgan fingerprint density at radius 3 is 2.36 bits per heavy atom. The van der Waals surface area contributed by atoms with Gasteiger partial charge in [0.15, 0.2) is 11.6 Å². The molecular formula is C10H13ClO3. The van der Waals surface area contributed by atoms with E-state index in [0.29, 0.717) is 0 Å². The summed E-state index contributed by atoms with van der Waals surface area (Å²) in [4.78, 5) is 34.2. The van der Waals surface area contributed by atoms with E-state index in [2.05, 4.69) is 0 Å². The van der Waals surface area contributed by atoms with Crippen molar-refractivity contribution in [3.8, 4) is 0 Å². The molecule has 0 aliphatic heterocycles. The second kappa shape index (κ2) is 3.46. The zero-order chi connectivity index (χ0) is 11.1. The summed E-state index contributed by atoms with van der Waals surface area (Å²) in [6, 6.07) is 0. The van der Waals surface area contributed by atoms with Gasteiger partial charge in [-0.25, -0.2) is 0 Å². The number of hydrogen-bond donors (Lipinski definition) is 0. The quantitative estimate of drug-likeness (QED) is 0.491. The van der Waals surface area contributed by atoms with Crippen molar-refractivity contribution in [1.29, 1.82) is 0 Å². The number of carbonyl (C=O) groups excluding carboxylic acids is 3. The number of carbonyl (C=O) groups is 3. The lowest BCUT2D eigenvalue weighted by Gasteiger charge is -2.35. The largest absolute Gasteiger partial charge is 0.299 e. The Kier molecular flexibility index (Phi) is 2.81. The van der Waals surface area contributed by atoms with Gasteiger partial charge in [0.1, 0.15) is 11.7 Å². The van der Waals surface area contributed by atoms with Crippen LogP contribution in [0, 0.1) is 11.3 Å². The first kappa shape index (κ1) is 11.4. The fourth-order valence-corrected chi connectivity index (χ4v) is 1.96. The van der Waals surface area contributed by atoms with Crippen molar-refractivity contribution in [2.24, 2.45) is 11.3 Å². The maximum absolute atomic E-state index is 11.6. The van der Waals surface area contributed by atoms with Gasteiger partial charge in [0.05, 0.1) is 5.38 Å². The maximum Gasteiger partial charge on any atom is 0.169 e. The average molecular weight is 217 g/mol. The van der Waals surface area contributed by atoms with E-state index in [1.54, 1.807) is 13.8 Å². The topological polar surface area (TPSA) is 51.2 Å². The second-order valence-electron chi connectivity index (χ2n) is 4.44. The van der Waals surface area contributed by atoms with E-state index in [1.807, 2.05) is 0 Å². The summed E-state index contributed by atoms with van der Waals surface area (Å²) in [7, 11) is 0. The third-order valence-corrected chi connectivity index (χ3v) is 3.38. The van der Waals surface area contributed by atoms with Crippen molar-refractivity contribution in [2.75, 3.05) is 0 Å². The highest BCUT2D eigenvalue weighted by Crippen LogP contribution is 2.37. The third-order valence-electron chi connectivity index (χ3n) is 2.58. The third kappa shape index (κ3) is 1.73. The Balaban J connectivity index is 3.03. The second-order valence-corrected chi connectivity index (χ2v) is 4.88.